The van der Waals surface area contributed by atoms with Gasteiger partial charge in [-0.05, 0) is 25.8 Å². The highest BCUT2D eigenvalue weighted by atomic mass is 35.5. The van der Waals surface area contributed by atoms with Crippen molar-refractivity contribution in [2.45, 2.75) is 25.7 Å². The first-order valence-electron chi connectivity index (χ1n) is 8.98. The predicted molar refractivity (Wildman–Crippen MR) is 104 cm³/mol. The summed E-state index contributed by atoms with van der Waals surface area (Å²) in [6, 6.07) is 5.60. The third-order valence-electron chi connectivity index (χ3n) is 4.65. The lowest BCUT2D eigenvalue weighted by atomic mass is 10.2. The van der Waals surface area contributed by atoms with Crippen LogP contribution in [0, 0.1) is 18.6 Å². The van der Waals surface area contributed by atoms with E-state index in [1.165, 1.54) is 12.1 Å². The second kappa shape index (κ2) is 6.70. The van der Waals surface area contributed by atoms with E-state index in [9.17, 15) is 8.78 Å². The van der Waals surface area contributed by atoms with Crippen LogP contribution in [-0.4, -0.2) is 25.1 Å². The molecule has 7 nitrogen and oxygen atoms in total. The summed E-state index contributed by atoms with van der Waals surface area (Å²) in [5.74, 6) is -0.296. The monoisotopic (exact) mass is 416 g/mol. The van der Waals surface area contributed by atoms with Crippen molar-refractivity contribution in [3.8, 4) is 11.8 Å². The molecular formula is C19H15ClF2N6O. The van der Waals surface area contributed by atoms with Crippen LogP contribution in [-0.2, 0) is 0 Å². The first kappa shape index (κ1) is 17.9. The van der Waals surface area contributed by atoms with Crippen LogP contribution in [0.1, 0.15) is 30.1 Å². The lowest BCUT2D eigenvalue weighted by Gasteiger charge is -2.09. The fourth-order valence-electron chi connectivity index (χ4n) is 3.15. The molecule has 0 saturated heterocycles. The molecule has 5 rings (SSSR count). The molecular weight excluding hydrogens is 402 g/mol. The lowest BCUT2D eigenvalue weighted by molar-refractivity contribution is 0.411. The number of nitrogens with zero attached hydrogens (tertiary/aromatic N) is 3. The van der Waals surface area contributed by atoms with Gasteiger partial charge in [0.2, 0.25) is 0 Å². The van der Waals surface area contributed by atoms with Crippen LogP contribution in [0.2, 0.25) is 5.15 Å². The summed E-state index contributed by atoms with van der Waals surface area (Å²) in [7, 11) is 0. The number of anilines is 2. The summed E-state index contributed by atoms with van der Waals surface area (Å²) in [4.78, 5) is 10.9. The van der Waals surface area contributed by atoms with E-state index in [-0.39, 0.29) is 27.8 Å². The van der Waals surface area contributed by atoms with Gasteiger partial charge in [0.05, 0.1) is 5.52 Å². The second-order valence-corrected chi connectivity index (χ2v) is 7.37. The number of rotatable bonds is 5. The average molecular weight is 417 g/mol. The van der Waals surface area contributed by atoms with Crippen molar-refractivity contribution in [2.75, 3.05) is 5.32 Å². The Morgan fingerprint density at radius 1 is 1.14 bits per heavy atom. The molecule has 148 valence electrons. The molecule has 3 N–H and O–H groups in total. The molecule has 1 aliphatic carbocycles. The molecule has 0 bridgehead atoms. The van der Waals surface area contributed by atoms with E-state index in [4.69, 9.17) is 16.3 Å². The van der Waals surface area contributed by atoms with Gasteiger partial charge in [0.1, 0.15) is 11.0 Å². The molecule has 1 fully saturated rings. The minimum absolute atomic E-state index is 0.0757. The number of H-pyrrole nitrogens is 2. The molecule has 0 spiro atoms. The van der Waals surface area contributed by atoms with Gasteiger partial charge >= 0.3 is 6.01 Å². The van der Waals surface area contributed by atoms with Crippen LogP contribution < -0.4 is 10.1 Å². The Kier molecular flexibility index (Phi) is 4.13. The number of nitrogens with one attached hydrogen (secondary N) is 3. The number of hydrogen-bond acceptors (Lipinski definition) is 5. The molecule has 10 heteroatoms. The predicted octanol–water partition coefficient (Wildman–Crippen LogP) is 5.33. The number of benzene rings is 1. The van der Waals surface area contributed by atoms with E-state index in [2.05, 4.69) is 30.5 Å². The van der Waals surface area contributed by atoms with Gasteiger partial charge in [0, 0.05) is 40.9 Å². The maximum Gasteiger partial charge on any atom is 0.325 e. The van der Waals surface area contributed by atoms with Gasteiger partial charge in [-0.1, -0.05) is 11.6 Å². The number of aryl methyl sites for hydroxylation is 1. The van der Waals surface area contributed by atoms with E-state index in [1.54, 1.807) is 6.92 Å². The second-order valence-electron chi connectivity index (χ2n) is 6.98. The van der Waals surface area contributed by atoms with Crippen LogP contribution in [0.25, 0.3) is 10.9 Å². The van der Waals surface area contributed by atoms with Gasteiger partial charge < -0.3 is 15.0 Å². The molecule has 0 amide bonds. The zero-order valence-corrected chi connectivity index (χ0v) is 15.9. The summed E-state index contributed by atoms with van der Waals surface area (Å²) in [5.41, 5.74) is 1.76. The lowest BCUT2D eigenvalue weighted by Crippen LogP contribution is -2.00. The molecule has 1 saturated carbocycles. The molecule has 0 unspecified atom stereocenters. The van der Waals surface area contributed by atoms with Crippen molar-refractivity contribution in [1.82, 2.24) is 25.1 Å². The molecule has 0 aliphatic heterocycles. The third-order valence-corrected chi connectivity index (χ3v) is 4.84. The molecule has 4 aromatic rings. The largest absolute Gasteiger partial charge is 0.421 e. The van der Waals surface area contributed by atoms with Crippen LogP contribution in [0.3, 0.4) is 0 Å². The van der Waals surface area contributed by atoms with Crippen molar-refractivity contribution >= 4 is 34.1 Å². The Morgan fingerprint density at radius 2 is 1.97 bits per heavy atom. The van der Waals surface area contributed by atoms with Crippen molar-refractivity contribution in [3.05, 3.63) is 52.4 Å². The van der Waals surface area contributed by atoms with Gasteiger partial charge in [-0.25, -0.2) is 8.78 Å². The number of aromatic nitrogens is 5. The Hall–Kier alpha value is -3.20. The zero-order chi connectivity index (χ0) is 20.1. The number of ether oxygens (including phenoxy) is 1. The van der Waals surface area contributed by atoms with Crippen LogP contribution in [0.5, 0.6) is 11.8 Å². The Morgan fingerprint density at radius 3 is 2.76 bits per heavy atom. The maximum absolute atomic E-state index is 14.8. The van der Waals surface area contributed by atoms with E-state index in [0.717, 1.165) is 24.6 Å². The van der Waals surface area contributed by atoms with E-state index < -0.39 is 11.6 Å². The van der Waals surface area contributed by atoms with Crippen molar-refractivity contribution in [1.29, 1.82) is 0 Å². The van der Waals surface area contributed by atoms with Gasteiger partial charge in [0.25, 0.3) is 0 Å². The highest BCUT2D eigenvalue weighted by Crippen LogP contribution is 2.39. The average Bonchev–Trinajstić information content (AvgIpc) is 3.28. The van der Waals surface area contributed by atoms with Gasteiger partial charge in [-0.3, -0.25) is 5.10 Å². The number of hydrogen-bond donors (Lipinski definition) is 3. The minimum Gasteiger partial charge on any atom is -0.421 e. The summed E-state index contributed by atoms with van der Waals surface area (Å²) in [5, 5.41) is 10.3. The molecule has 0 atom stereocenters. The Labute approximate surface area is 168 Å². The highest BCUT2D eigenvalue weighted by molar-refractivity contribution is 6.29. The fraction of sp³-hybridized carbons (Fsp3) is 0.211. The summed E-state index contributed by atoms with van der Waals surface area (Å²) < 4.78 is 34.5. The number of halogens is 3. The quantitative estimate of drug-likeness (QED) is 0.382. The maximum atomic E-state index is 14.8. The van der Waals surface area contributed by atoms with E-state index >= 15 is 0 Å². The molecule has 29 heavy (non-hydrogen) atoms. The zero-order valence-electron chi connectivity index (χ0n) is 15.2. The molecule has 3 aromatic heterocycles. The molecule has 3 heterocycles. The third kappa shape index (κ3) is 3.49. The van der Waals surface area contributed by atoms with Crippen molar-refractivity contribution in [2.24, 2.45) is 0 Å². The van der Waals surface area contributed by atoms with Crippen LogP contribution in [0.4, 0.5) is 20.4 Å². The fourth-order valence-corrected chi connectivity index (χ4v) is 3.32. The van der Waals surface area contributed by atoms with Crippen LogP contribution in [0.15, 0.2) is 24.3 Å². The van der Waals surface area contributed by atoms with Crippen molar-refractivity contribution in [3.63, 3.8) is 0 Å². The Bertz CT molecular complexity index is 1230. The van der Waals surface area contributed by atoms with Gasteiger partial charge in [-0.2, -0.15) is 15.1 Å². The molecule has 0 radical (unpaired) electrons. The summed E-state index contributed by atoms with van der Waals surface area (Å²) in [6.07, 6.45) is 2.29. The topological polar surface area (TPSA) is 91.5 Å². The number of aromatic amines is 2. The normalized spacial score (nSPS) is 13.8. The minimum atomic E-state index is -0.717. The standard InChI is InChI=1S/C19H15ClF2N6O/c1-8-4-10-17(22)13(5-11(21)18(10)23-8)29-19-24-14(20)7-15(26-19)25-16-6-12(27-28-16)9-2-3-9/h4-7,9,23H,2-3H2,1H3,(H2,24,25,26,27,28). The SMILES string of the molecule is Cc1cc2c(F)c(Oc3nc(Cl)cc(Nc4cc(C5CC5)[nH]n4)n3)cc(F)c2[nH]1. The summed E-state index contributed by atoms with van der Waals surface area (Å²) >= 11 is 6.05. The van der Waals surface area contributed by atoms with Gasteiger partial charge in [0.15, 0.2) is 23.2 Å². The highest BCUT2D eigenvalue weighted by Gasteiger charge is 2.25. The first-order valence-corrected chi connectivity index (χ1v) is 9.36. The van der Waals surface area contributed by atoms with E-state index in [1.807, 2.05) is 6.07 Å². The summed E-state index contributed by atoms with van der Waals surface area (Å²) in [6.45, 7) is 1.71. The molecule has 1 aliphatic rings. The Balaban J connectivity index is 1.44. The first-order chi connectivity index (χ1) is 14.0. The van der Waals surface area contributed by atoms with Gasteiger partial charge in [-0.15, -0.1) is 0 Å². The van der Waals surface area contributed by atoms with E-state index in [0.29, 0.717) is 23.2 Å². The van der Waals surface area contributed by atoms with Crippen molar-refractivity contribution < 1.29 is 13.5 Å². The molecule has 1 aromatic carbocycles. The van der Waals surface area contributed by atoms with Crippen LogP contribution >= 0.6 is 11.6 Å². The smallest absolute Gasteiger partial charge is 0.325 e. The number of fused-ring (bicyclic) bond motifs is 1.